The zero-order valence-electron chi connectivity index (χ0n) is 9.81. The molecule has 1 rings (SSSR count). The van der Waals surface area contributed by atoms with Crippen LogP contribution in [-0.4, -0.2) is 31.6 Å². The number of amides is 1. The van der Waals surface area contributed by atoms with E-state index in [9.17, 15) is 4.79 Å². The lowest BCUT2D eigenvalue weighted by Gasteiger charge is -2.26. The maximum absolute atomic E-state index is 11.1. The van der Waals surface area contributed by atoms with Gasteiger partial charge < -0.3 is 16.4 Å². The highest BCUT2D eigenvalue weighted by atomic mass is 16.1. The molecule has 4 heteroatoms. The summed E-state index contributed by atoms with van der Waals surface area (Å²) in [5.74, 6) is -0.244. The van der Waals surface area contributed by atoms with Gasteiger partial charge in [0.25, 0.3) is 0 Å². The Morgan fingerprint density at radius 1 is 1.53 bits per heavy atom. The molecule has 0 aliphatic carbocycles. The minimum atomic E-state index is -0.450. The van der Waals surface area contributed by atoms with Gasteiger partial charge in [0.15, 0.2) is 0 Å². The Morgan fingerprint density at radius 3 is 2.80 bits per heavy atom. The van der Waals surface area contributed by atoms with Crippen molar-refractivity contribution >= 4 is 5.91 Å². The van der Waals surface area contributed by atoms with Crippen LogP contribution in [0.15, 0.2) is 0 Å². The summed E-state index contributed by atoms with van der Waals surface area (Å²) in [4.78, 5) is 11.1. The fraction of sp³-hybridized carbons (Fsp3) is 0.909. The lowest BCUT2D eigenvalue weighted by molar-refractivity contribution is -0.125. The Kier molecular flexibility index (Phi) is 4.54. The Hall–Kier alpha value is -0.610. The van der Waals surface area contributed by atoms with Gasteiger partial charge in [0.1, 0.15) is 0 Å². The summed E-state index contributed by atoms with van der Waals surface area (Å²) < 4.78 is 0. The molecule has 0 radical (unpaired) electrons. The fourth-order valence-corrected chi connectivity index (χ4v) is 1.74. The van der Waals surface area contributed by atoms with Crippen molar-refractivity contribution in [1.82, 2.24) is 10.6 Å². The lowest BCUT2D eigenvalue weighted by atomic mass is 9.92. The van der Waals surface area contributed by atoms with Crippen LogP contribution in [0.2, 0.25) is 0 Å². The van der Waals surface area contributed by atoms with Crippen molar-refractivity contribution in [2.24, 2.45) is 11.1 Å². The molecule has 1 fully saturated rings. The van der Waals surface area contributed by atoms with Gasteiger partial charge in [-0.05, 0) is 33.2 Å². The number of rotatable bonds is 5. The molecule has 1 aliphatic heterocycles. The van der Waals surface area contributed by atoms with Gasteiger partial charge in [-0.25, -0.2) is 0 Å². The van der Waals surface area contributed by atoms with Crippen LogP contribution in [0.1, 0.15) is 33.1 Å². The summed E-state index contributed by atoms with van der Waals surface area (Å²) in [5, 5.41) is 6.77. The third-order valence-electron chi connectivity index (χ3n) is 3.04. The first kappa shape index (κ1) is 12.5. The topological polar surface area (TPSA) is 67.2 Å². The van der Waals surface area contributed by atoms with Crippen molar-refractivity contribution in [3.63, 3.8) is 0 Å². The average molecular weight is 213 g/mol. The number of carbonyl (C=O) groups is 1. The minimum absolute atomic E-state index is 0.244. The molecule has 1 unspecified atom stereocenters. The van der Waals surface area contributed by atoms with Crippen LogP contribution >= 0.6 is 0 Å². The van der Waals surface area contributed by atoms with Gasteiger partial charge in [-0.1, -0.05) is 6.42 Å². The summed E-state index contributed by atoms with van der Waals surface area (Å²) in [7, 11) is 0. The van der Waals surface area contributed by atoms with Gasteiger partial charge in [0.05, 0.1) is 5.41 Å². The summed E-state index contributed by atoms with van der Waals surface area (Å²) in [6.45, 7) is 6.44. The van der Waals surface area contributed by atoms with Crippen LogP contribution < -0.4 is 16.4 Å². The van der Waals surface area contributed by atoms with Crippen LogP contribution in [0, 0.1) is 5.41 Å². The normalized spacial score (nSPS) is 22.7. The van der Waals surface area contributed by atoms with E-state index >= 15 is 0 Å². The number of nitrogens with one attached hydrogen (secondary N) is 2. The molecular formula is C11H23N3O. The predicted molar refractivity (Wildman–Crippen MR) is 61.5 cm³/mol. The largest absolute Gasteiger partial charge is 0.369 e. The minimum Gasteiger partial charge on any atom is -0.369 e. The fourth-order valence-electron chi connectivity index (χ4n) is 1.74. The Balaban J connectivity index is 2.17. The molecule has 0 aromatic carbocycles. The summed E-state index contributed by atoms with van der Waals surface area (Å²) >= 11 is 0. The molecule has 0 spiro atoms. The molecule has 4 N–H and O–H groups in total. The zero-order chi connectivity index (χ0) is 11.3. The van der Waals surface area contributed by atoms with Crippen LogP contribution in [0.5, 0.6) is 0 Å². The second-order valence-electron chi connectivity index (χ2n) is 5.03. The van der Waals surface area contributed by atoms with Crippen LogP contribution in [0.4, 0.5) is 0 Å². The zero-order valence-corrected chi connectivity index (χ0v) is 9.81. The Morgan fingerprint density at radius 2 is 2.27 bits per heavy atom. The first-order valence-electron chi connectivity index (χ1n) is 5.76. The van der Waals surface area contributed by atoms with Gasteiger partial charge >= 0.3 is 0 Å². The first-order valence-corrected chi connectivity index (χ1v) is 5.76. The second-order valence-corrected chi connectivity index (χ2v) is 5.03. The average Bonchev–Trinajstić information content (AvgIpc) is 2.19. The maximum atomic E-state index is 11.1. The molecule has 1 saturated heterocycles. The van der Waals surface area contributed by atoms with E-state index in [0.717, 1.165) is 13.1 Å². The van der Waals surface area contributed by atoms with Gasteiger partial charge in [-0.2, -0.15) is 0 Å². The molecule has 1 aliphatic rings. The van der Waals surface area contributed by atoms with Crippen molar-refractivity contribution in [3.05, 3.63) is 0 Å². The Bertz CT molecular complexity index is 210. The van der Waals surface area contributed by atoms with Crippen LogP contribution in [0.3, 0.4) is 0 Å². The molecule has 0 aromatic rings. The van der Waals surface area contributed by atoms with E-state index in [2.05, 4.69) is 10.6 Å². The van der Waals surface area contributed by atoms with Crippen molar-refractivity contribution < 1.29 is 4.79 Å². The Labute approximate surface area is 92.0 Å². The van der Waals surface area contributed by atoms with Crippen molar-refractivity contribution in [2.45, 2.75) is 39.2 Å². The molecule has 4 nitrogen and oxygen atoms in total. The van der Waals surface area contributed by atoms with Crippen molar-refractivity contribution in [3.8, 4) is 0 Å². The SMILES string of the molecule is CC(C)(CNCC1CCCCN1)C(N)=O. The highest BCUT2D eigenvalue weighted by Crippen LogP contribution is 2.12. The van der Waals surface area contributed by atoms with E-state index < -0.39 is 5.41 Å². The van der Waals surface area contributed by atoms with Gasteiger partial charge in [0, 0.05) is 19.1 Å². The van der Waals surface area contributed by atoms with E-state index in [-0.39, 0.29) is 5.91 Å². The van der Waals surface area contributed by atoms with E-state index in [1.165, 1.54) is 19.3 Å². The molecule has 0 aromatic heterocycles. The highest BCUT2D eigenvalue weighted by Gasteiger charge is 2.24. The molecule has 88 valence electrons. The molecule has 0 bridgehead atoms. The van der Waals surface area contributed by atoms with E-state index in [1.54, 1.807) is 0 Å². The molecule has 1 amide bonds. The van der Waals surface area contributed by atoms with Crippen molar-refractivity contribution in [1.29, 1.82) is 0 Å². The molecule has 15 heavy (non-hydrogen) atoms. The monoisotopic (exact) mass is 213 g/mol. The first-order chi connectivity index (χ1) is 7.02. The van der Waals surface area contributed by atoms with E-state index in [0.29, 0.717) is 12.6 Å². The predicted octanol–water partition coefficient (Wildman–Crippen LogP) is 0.230. The molecule has 1 atom stereocenters. The second kappa shape index (κ2) is 5.47. The third kappa shape index (κ3) is 4.18. The van der Waals surface area contributed by atoms with Crippen LogP contribution in [-0.2, 0) is 4.79 Å². The van der Waals surface area contributed by atoms with Gasteiger partial charge in [-0.15, -0.1) is 0 Å². The smallest absolute Gasteiger partial charge is 0.224 e. The lowest BCUT2D eigenvalue weighted by Crippen LogP contribution is -2.46. The van der Waals surface area contributed by atoms with Gasteiger partial charge in [-0.3, -0.25) is 4.79 Å². The number of carbonyl (C=O) groups excluding carboxylic acids is 1. The third-order valence-corrected chi connectivity index (χ3v) is 3.04. The molecular weight excluding hydrogens is 190 g/mol. The summed E-state index contributed by atoms with van der Waals surface area (Å²) in [6, 6.07) is 0.558. The number of piperidine rings is 1. The number of hydrogen-bond donors (Lipinski definition) is 3. The summed E-state index contributed by atoms with van der Waals surface area (Å²) in [5.41, 5.74) is 4.85. The molecule has 1 heterocycles. The number of nitrogens with two attached hydrogens (primary N) is 1. The van der Waals surface area contributed by atoms with Crippen molar-refractivity contribution in [2.75, 3.05) is 19.6 Å². The van der Waals surface area contributed by atoms with Gasteiger partial charge in [0.2, 0.25) is 5.91 Å². The summed E-state index contributed by atoms with van der Waals surface area (Å²) in [6.07, 6.45) is 3.81. The van der Waals surface area contributed by atoms with E-state index in [1.807, 2.05) is 13.8 Å². The standard InChI is InChI=1S/C11H23N3O/c1-11(2,10(12)15)8-13-7-9-5-3-4-6-14-9/h9,13-14H,3-8H2,1-2H3,(H2,12,15). The number of primary amides is 1. The quantitative estimate of drug-likeness (QED) is 0.612. The van der Waals surface area contributed by atoms with Crippen LogP contribution in [0.25, 0.3) is 0 Å². The highest BCUT2D eigenvalue weighted by molar-refractivity contribution is 5.80. The number of hydrogen-bond acceptors (Lipinski definition) is 3. The van der Waals surface area contributed by atoms with E-state index in [4.69, 9.17) is 5.73 Å². The molecule has 0 saturated carbocycles. The maximum Gasteiger partial charge on any atom is 0.224 e.